The first-order chi connectivity index (χ1) is 9.79. The van der Waals surface area contributed by atoms with E-state index < -0.39 is 0 Å². The van der Waals surface area contributed by atoms with E-state index in [1.807, 2.05) is 13.1 Å². The third-order valence-electron chi connectivity index (χ3n) is 3.73. The molecule has 3 heteroatoms. The van der Waals surface area contributed by atoms with Crippen molar-refractivity contribution in [3.63, 3.8) is 0 Å². The molecule has 1 N–H and O–H groups in total. The molecule has 0 bridgehead atoms. The van der Waals surface area contributed by atoms with Crippen molar-refractivity contribution in [1.29, 1.82) is 0 Å². The molecule has 0 saturated heterocycles. The van der Waals surface area contributed by atoms with Crippen LogP contribution in [0, 0.1) is 6.92 Å². The molecule has 104 valence electrons. The molecule has 0 radical (unpaired) electrons. The molecule has 2 heterocycles. The molecule has 2 aromatic rings. The Morgan fingerprint density at radius 3 is 2.95 bits per heavy atom. The van der Waals surface area contributed by atoms with E-state index in [1.165, 1.54) is 16.7 Å². The normalized spacial score (nSPS) is 14.7. The highest BCUT2D eigenvalue weighted by Gasteiger charge is 2.22. The zero-order chi connectivity index (χ0) is 13.9. The number of hydrogen-bond donors (Lipinski definition) is 1. The SMILES string of the molecule is CCNC(c1ccc(C)nc1)c1cccc2c1OCC2. The van der Waals surface area contributed by atoms with Gasteiger partial charge < -0.3 is 10.1 Å². The predicted molar refractivity (Wildman–Crippen MR) is 80.1 cm³/mol. The van der Waals surface area contributed by atoms with Gasteiger partial charge in [-0.25, -0.2) is 0 Å². The van der Waals surface area contributed by atoms with Gasteiger partial charge in [0.15, 0.2) is 0 Å². The smallest absolute Gasteiger partial charge is 0.127 e. The van der Waals surface area contributed by atoms with Crippen LogP contribution in [0.2, 0.25) is 0 Å². The van der Waals surface area contributed by atoms with Crippen LogP contribution < -0.4 is 10.1 Å². The van der Waals surface area contributed by atoms with Crippen LogP contribution in [-0.2, 0) is 6.42 Å². The lowest BCUT2D eigenvalue weighted by atomic mass is 9.96. The molecule has 0 fully saturated rings. The number of benzene rings is 1. The van der Waals surface area contributed by atoms with Gasteiger partial charge in [0.05, 0.1) is 12.6 Å². The van der Waals surface area contributed by atoms with E-state index in [9.17, 15) is 0 Å². The number of ether oxygens (including phenoxy) is 1. The van der Waals surface area contributed by atoms with E-state index in [2.05, 4.69) is 47.6 Å². The number of aryl methyl sites for hydroxylation is 1. The van der Waals surface area contributed by atoms with Crippen molar-refractivity contribution in [3.8, 4) is 5.75 Å². The van der Waals surface area contributed by atoms with Crippen LogP contribution >= 0.6 is 0 Å². The summed E-state index contributed by atoms with van der Waals surface area (Å²) in [6.45, 7) is 5.83. The Morgan fingerprint density at radius 1 is 1.30 bits per heavy atom. The Hall–Kier alpha value is -1.87. The Morgan fingerprint density at radius 2 is 2.20 bits per heavy atom. The first-order valence-corrected chi connectivity index (χ1v) is 7.20. The van der Waals surface area contributed by atoms with E-state index in [1.54, 1.807) is 0 Å². The van der Waals surface area contributed by atoms with Crippen LogP contribution in [0.5, 0.6) is 5.75 Å². The summed E-state index contributed by atoms with van der Waals surface area (Å²) >= 11 is 0. The van der Waals surface area contributed by atoms with Gasteiger partial charge in [0.1, 0.15) is 5.75 Å². The lowest BCUT2D eigenvalue weighted by Gasteiger charge is -2.21. The Labute approximate surface area is 120 Å². The molecule has 1 aromatic heterocycles. The van der Waals surface area contributed by atoms with Crippen molar-refractivity contribution in [2.75, 3.05) is 13.2 Å². The minimum absolute atomic E-state index is 0.140. The molecule has 1 aromatic carbocycles. The second-order valence-electron chi connectivity index (χ2n) is 5.16. The largest absolute Gasteiger partial charge is 0.493 e. The second-order valence-corrected chi connectivity index (χ2v) is 5.16. The number of hydrogen-bond acceptors (Lipinski definition) is 3. The lowest BCUT2D eigenvalue weighted by Crippen LogP contribution is -2.22. The standard InChI is InChI=1S/C17H20N2O/c1-3-18-16(14-8-7-12(2)19-11-14)15-6-4-5-13-9-10-20-17(13)15/h4-8,11,16,18H,3,9-10H2,1-2H3. The maximum Gasteiger partial charge on any atom is 0.127 e. The van der Waals surface area contributed by atoms with Gasteiger partial charge >= 0.3 is 0 Å². The van der Waals surface area contributed by atoms with Crippen molar-refractivity contribution in [3.05, 3.63) is 58.9 Å². The highest BCUT2D eigenvalue weighted by atomic mass is 16.5. The van der Waals surface area contributed by atoms with Gasteiger partial charge in [-0.3, -0.25) is 4.98 Å². The lowest BCUT2D eigenvalue weighted by molar-refractivity contribution is 0.350. The van der Waals surface area contributed by atoms with E-state index >= 15 is 0 Å². The highest BCUT2D eigenvalue weighted by Crippen LogP contribution is 2.35. The molecule has 3 rings (SSSR count). The minimum atomic E-state index is 0.140. The molecule has 1 aliphatic rings. The summed E-state index contributed by atoms with van der Waals surface area (Å²) in [6, 6.07) is 10.8. The van der Waals surface area contributed by atoms with Crippen LogP contribution in [0.3, 0.4) is 0 Å². The third-order valence-corrected chi connectivity index (χ3v) is 3.73. The number of para-hydroxylation sites is 1. The second kappa shape index (κ2) is 5.63. The Balaban J connectivity index is 2.03. The van der Waals surface area contributed by atoms with Crippen molar-refractivity contribution >= 4 is 0 Å². The quantitative estimate of drug-likeness (QED) is 0.925. The van der Waals surface area contributed by atoms with E-state index in [0.717, 1.165) is 31.0 Å². The highest BCUT2D eigenvalue weighted by molar-refractivity contribution is 5.48. The van der Waals surface area contributed by atoms with Crippen molar-refractivity contribution < 1.29 is 4.74 Å². The monoisotopic (exact) mass is 268 g/mol. The van der Waals surface area contributed by atoms with Gasteiger partial charge in [-0.2, -0.15) is 0 Å². The van der Waals surface area contributed by atoms with Gasteiger partial charge in [0.25, 0.3) is 0 Å². The molecule has 3 nitrogen and oxygen atoms in total. The first-order valence-electron chi connectivity index (χ1n) is 7.20. The summed E-state index contributed by atoms with van der Waals surface area (Å²) in [5, 5.41) is 3.54. The van der Waals surface area contributed by atoms with Gasteiger partial charge in [-0.1, -0.05) is 31.2 Å². The molecule has 1 aliphatic heterocycles. The topological polar surface area (TPSA) is 34.2 Å². The molecule has 0 spiro atoms. The van der Waals surface area contributed by atoms with E-state index in [0.29, 0.717) is 0 Å². The Bertz CT molecular complexity index is 592. The van der Waals surface area contributed by atoms with Crippen molar-refractivity contribution in [2.24, 2.45) is 0 Å². The molecule has 1 unspecified atom stereocenters. The third kappa shape index (κ3) is 2.41. The summed E-state index contributed by atoms with van der Waals surface area (Å²) in [7, 11) is 0. The summed E-state index contributed by atoms with van der Waals surface area (Å²) in [6.07, 6.45) is 2.96. The fraction of sp³-hybridized carbons (Fsp3) is 0.353. The molecule has 0 aliphatic carbocycles. The maximum absolute atomic E-state index is 5.84. The number of aromatic nitrogens is 1. The summed E-state index contributed by atoms with van der Waals surface area (Å²) in [5.74, 6) is 1.05. The van der Waals surface area contributed by atoms with Gasteiger partial charge in [-0.15, -0.1) is 0 Å². The first kappa shape index (κ1) is 13.1. The fourth-order valence-corrected chi connectivity index (χ4v) is 2.73. The number of fused-ring (bicyclic) bond motifs is 1. The van der Waals surface area contributed by atoms with Gasteiger partial charge in [0, 0.05) is 23.9 Å². The summed E-state index contributed by atoms with van der Waals surface area (Å²) in [5.41, 5.74) is 4.75. The predicted octanol–water partition coefficient (Wildman–Crippen LogP) is 3.02. The number of nitrogens with one attached hydrogen (secondary N) is 1. The average Bonchev–Trinajstić information content (AvgIpc) is 2.94. The number of pyridine rings is 1. The fourth-order valence-electron chi connectivity index (χ4n) is 2.73. The van der Waals surface area contributed by atoms with E-state index in [4.69, 9.17) is 4.74 Å². The summed E-state index contributed by atoms with van der Waals surface area (Å²) in [4.78, 5) is 4.42. The van der Waals surface area contributed by atoms with Crippen LogP contribution in [0.4, 0.5) is 0 Å². The van der Waals surface area contributed by atoms with Crippen molar-refractivity contribution in [2.45, 2.75) is 26.3 Å². The van der Waals surface area contributed by atoms with Crippen molar-refractivity contribution in [1.82, 2.24) is 10.3 Å². The number of rotatable bonds is 4. The molecule has 20 heavy (non-hydrogen) atoms. The van der Waals surface area contributed by atoms with Crippen LogP contribution in [0.1, 0.15) is 35.3 Å². The minimum Gasteiger partial charge on any atom is -0.493 e. The number of nitrogens with zero attached hydrogens (tertiary/aromatic N) is 1. The molecule has 0 saturated carbocycles. The van der Waals surface area contributed by atoms with E-state index in [-0.39, 0.29) is 6.04 Å². The van der Waals surface area contributed by atoms with Crippen LogP contribution in [0.15, 0.2) is 36.5 Å². The summed E-state index contributed by atoms with van der Waals surface area (Å²) < 4.78 is 5.84. The zero-order valence-electron chi connectivity index (χ0n) is 12.0. The molecule has 0 amide bonds. The van der Waals surface area contributed by atoms with Crippen LogP contribution in [-0.4, -0.2) is 18.1 Å². The molecule has 1 atom stereocenters. The van der Waals surface area contributed by atoms with Crippen LogP contribution in [0.25, 0.3) is 0 Å². The Kier molecular flexibility index (Phi) is 3.70. The molecular weight excluding hydrogens is 248 g/mol. The maximum atomic E-state index is 5.84. The average molecular weight is 268 g/mol. The van der Waals surface area contributed by atoms with Gasteiger partial charge in [0.2, 0.25) is 0 Å². The molecular formula is C17H20N2O. The zero-order valence-corrected chi connectivity index (χ0v) is 12.0. The van der Waals surface area contributed by atoms with Gasteiger partial charge in [-0.05, 0) is 30.7 Å².